The number of aliphatic imine (C=N–C) groups is 1. The van der Waals surface area contributed by atoms with Crippen LogP contribution >= 0.6 is 0 Å². The molecule has 0 unspecified atom stereocenters. The smallest absolute Gasteiger partial charge is 0.319 e. The summed E-state index contributed by atoms with van der Waals surface area (Å²) in [4.78, 5) is 31.1. The van der Waals surface area contributed by atoms with Crippen LogP contribution in [-0.4, -0.2) is 63.8 Å². The van der Waals surface area contributed by atoms with Gasteiger partial charge in [-0.1, -0.05) is 23.8 Å². The summed E-state index contributed by atoms with van der Waals surface area (Å²) >= 11 is 0. The molecule has 0 bridgehead atoms. The monoisotopic (exact) mass is 444 g/mol. The van der Waals surface area contributed by atoms with Gasteiger partial charge in [-0.2, -0.15) is 0 Å². The second-order valence-corrected chi connectivity index (χ2v) is 7.94. The third-order valence-corrected chi connectivity index (χ3v) is 4.71. The van der Waals surface area contributed by atoms with Crippen molar-refractivity contribution in [1.82, 2.24) is 26.2 Å². The fraction of sp³-hybridized carbons (Fsp3) is 0.542. The van der Waals surface area contributed by atoms with Crippen molar-refractivity contribution in [1.29, 1.82) is 0 Å². The Bertz CT molecular complexity index is 762. The zero-order valence-electron chi connectivity index (χ0n) is 20.3. The van der Waals surface area contributed by atoms with Crippen molar-refractivity contribution >= 4 is 18.2 Å². The van der Waals surface area contributed by atoms with E-state index < -0.39 is 0 Å². The molecule has 1 aliphatic rings. The van der Waals surface area contributed by atoms with Crippen LogP contribution in [0, 0.1) is 0 Å². The molecule has 0 aliphatic heterocycles. The summed E-state index contributed by atoms with van der Waals surface area (Å²) in [5.74, 6) is -0.0530. The minimum atomic E-state index is -0.265. The fourth-order valence-electron chi connectivity index (χ4n) is 3.20. The number of rotatable bonds is 12. The van der Waals surface area contributed by atoms with E-state index in [0.717, 1.165) is 42.8 Å². The molecule has 0 fully saturated rings. The maximum atomic E-state index is 12.4. The van der Waals surface area contributed by atoms with E-state index in [2.05, 4.69) is 45.3 Å². The van der Waals surface area contributed by atoms with Gasteiger partial charge in [0.1, 0.15) is 0 Å². The first-order valence-electron chi connectivity index (χ1n) is 11.3. The van der Waals surface area contributed by atoms with Crippen molar-refractivity contribution in [3.63, 3.8) is 0 Å². The first-order valence-corrected chi connectivity index (χ1v) is 11.3. The van der Waals surface area contributed by atoms with E-state index in [1.54, 1.807) is 12.4 Å². The van der Waals surface area contributed by atoms with Crippen molar-refractivity contribution < 1.29 is 9.59 Å². The molecule has 8 nitrogen and oxygen atoms in total. The number of likely N-dealkylation sites (N-methyl/N-ethyl adjacent to an activating group) is 1. The first-order chi connectivity index (χ1) is 15.3. The number of allylic oxidation sites excluding steroid dienone is 4. The number of nitrogens with one attached hydrogen (secondary N) is 4. The molecule has 0 aromatic rings. The third kappa shape index (κ3) is 12.1. The quantitative estimate of drug-likeness (QED) is 0.275. The van der Waals surface area contributed by atoms with Gasteiger partial charge >= 0.3 is 6.03 Å². The molecule has 8 heteroatoms. The zero-order valence-corrected chi connectivity index (χ0v) is 20.3. The molecule has 0 saturated heterocycles. The van der Waals surface area contributed by atoms with Crippen molar-refractivity contribution in [2.75, 3.05) is 40.8 Å². The number of carbonyl (C=O) groups excluding carboxylic acids is 2. The molecule has 0 aromatic carbocycles. The van der Waals surface area contributed by atoms with E-state index in [-0.39, 0.29) is 11.9 Å². The summed E-state index contributed by atoms with van der Waals surface area (Å²) in [6.07, 6.45) is 13.5. The number of amides is 3. The van der Waals surface area contributed by atoms with Gasteiger partial charge in [0.05, 0.1) is 12.2 Å². The van der Waals surface area contributed by atoms with Gasteiger partial charge in [0.25, 0.3) is 5.91 Å². The average molecular weight is 445 g/mol. The Hall–Kier alpha value is -2.87. The van der Waals surface area contributed by atoms with Crippen LogP contribution in [-0.2, 0) is 4.79 Å². The minimum absolute atomic E-state index is 0.0530. The molecule has 4 N–H and O–H groups in total. The molecule has 1 rings (SSSR count). The predicted molar refractivity (Wildman–Crippen MR) is 132 cm³/mol. The number of carbonyl (C=O) groups is 2. The Labute approximate surface area is 193 Å². The molecule has 3 amide bonds. The van der Waals surface area contributed by atoms with E-state index in [4.69, 9.17) is 0 Å². The van der Waals surface area contributed by atoms with Crippen molar-refractivity contribution in [2.24, 2.45) is 4.99 Å². The van der Waals surface area contributed by atoms with Gasteiger partial charge in [0, 0.05) is 43.7 Å². The Kier molecular flexibility index (Phi) is 13.5. The molecule has 0 spiro atoms. The summed E-state index contributed by atoms with van der Waals surface area (Å²) in [5, 5.41) is 11.5. The molecular formula is C24H40N6O2. The van der Waals surface area contributed by atoms with Gasteiger partial charge in [-0.3, -0.25) is 9.79 Å². The van der Waals surface area contributed by atoms with Crippen LogP contribution in [0.15, 0.2) is 52.0 Å². The second-order valence-electron chi connectivity index (χ2n) is 7.94. The molecular weight excluding hydrogens is 404 g/mol. The van der Waals surface area contributed by atoms with E-state index >= 15 is 0 Å². The summed E-state index contributed by atoms with van der Waals surface area (Å²) in [5.41, 5.74) is 3.50. The number of unbranched alkanes of at least 4 members (excludes halogenated alkanes) is 1. The van der Waals surface area contributed by atoms with Crippen molar-refractivity contribution in [3.05, 3.63) is 47.0 Å². The van der Waals surface area contributed by atoms with Crippen LogP contribution in [0.1, 0.15) is 46.0 Å². The molecule has 0 heterocycles. The number of hydrogen-bond acceptors (Lipinski definition) is 5. The largest absolute Gasteiger partial charge is 0.393 e. The maximum Gasteiger partial charge on any atom is 0.319 e. The van der Waals surface area contributed by atoms with Gasteiger partial charge in [-0.25, -0.2) is 4.79 Å². The summed E-state index contributed by atoms with van der Waals surface area (Å²) < 4.78 is 0. The topological polar surface area (TPSA) is 97.9 Å². The molecule has 1 aliphatic carbocycles. The average Bonchev–Trinajstić information content (AvgIpc) is 2.71. The van der Waals surface area contributed by atoms with Crippen LogP contribution in [0.2, 0.25) is 0 Å². The number of nitrogens with zero attached hydrogens (tertiary/aromatic N) is 2. The summed E-state index contributed by atoms with van der Waals surface area (Å²) in [6, 6.07) is -0.265. The highest BCUT2D eigenvalue weighted by molar-refractivity contribution is 5.96. The van der Waals surface area contributed by atoms with Crippen LogP contribution < -0.4 is 21.3 Å². The Morgan fingerprint density at radius 3 is 2.66 bits per heavy atom. The minimum Gasteiger partial charge on any atom is -0.393 e. The molecule has 32 heavy (non-hydrogen) atoms. The maximum absolute atomic E-state index is 12.4. The van der Waals surface area contributed by atoms with Gasteiger partial charge in [-0.05, 0) is 60.2 Å². The van der Waals surface area contributed by atoms with E-state index in [0.29, 0.717) is 31.5 Å². The summed E-state index contributed by atoms with van der Waals surface area (Å²) in [6.45, 7) is 5.75. The molecule has 178 valence electrons. The lowest BCUT2D eigenvalue weighted by atomic mass is 9.97. The second kappa shape index (κ2) is 15.9. The highest BCUT2D eigenvalue weighted by atomic mass is 16.2. The number of urea groups is 1. The lowest BCUT2D eigenvalue weighted by molar-refractivity contribution is -0.117. The van der Waals surface area contributed by atoms with Gasteiger partial charge < -0.3 is 26.2 Å². The van der Waals surface area contributed by atoms with Crippen LogP contribution in [0.5, 0.6) is 0 Å². The van der Waals surface area contributed by atoms with E-state index in [1.807, 2.05) is 39.1 Å². The first kappa shape index (κ1) is 27.2. The third-order valence-electron chi connectivity index (χ3n) is 4.71. The fourth-order valence-corrected chi connectivity index (χ4v) is 3.20. The summed E-state index contributed by atoms with van der Waals surface area (Å²) in [7, 11) is 5.95. The van der Waals surface area contributed by atoms with E-state index in [1.165, 1.54) is 0 Å². The molecule has 0 aromatic heterocycles. The standard InChI is InChI=1S/C24H40N6O2/c1-6-26-23(31)21-11-9-12-22(17-20(16-21)10-7-8-15-30(4)5)29-24(32)28-14-13-27-19(2)18-25-3/h11-13,16,18,25H,6-10,14-15,17H2,1-5H3,(H,26,31)(H2,28,29,32)/b19-18-,20-16-,21-11+,22-12+,27-13?. The van der Waals surface area contributed by atoms with Crippen molar-refractivity contribution in [2.45, 2.75) is 46.0 Å². The zero-order chi connectivity index (χ0) is 23.8. The number of hydrogen-bond donors (Lipinski definition) is 4. The Balaban J connectivity index is 2.76. The SMILES string of the molecule is CCNC(=O)C1=C/C/C=C(/NC(=O)NCC=N/C(C)=C\NC)C/C(CCCCN(C)C)=C\1. The predicted octanol–water partition coefficient (Wildman–Crippen LogP) is 2.84. The van der Waals surface area contributed by atoms with Gasteiger partial charge in [0.2, 0.25) is 0 Å². The highest BCUT2D eigenvalue weighted by Crippen LogP contribution is 2.21. The molecule has 0 atom stereocenters. The highest BCUT2D eigenvalue weighted by Gasteiger charge is 2.13. The normalized spacial score (nSPS) is 19.7. The molecule has 0 saturated carbocycles. The van der Waals surface area contributed by atoms with E-state index in [9.17, 15) is 9.59 Å². The van der Waals surface area contributed by atoms with Gasteiger partial charge in [0.15, 0.2) is 0 Å². The van der Waals surface area contributed by atoms with Crippen LogP contribution in [0.25, 0.3) is 0 Å². The van der Waals surface area contributed by atoms with Crippen LogP contribution in [0.3, 0.4) is 0 Å². The lowest BCUT2D eigenvalue weighted by Gasteiger charge is -2.17. The Morgan fingerprint density at radius 2 is 1.97 bits per heavy atom. The lowest BCUT2D eigenvalue weighted by Crippen LogP contribution is -2.36. The van der Waals surface area contributed by atoms with Crippen molar-refractivity contribution in [3.8, 4) is 0 Å². The Morgan fingerprint density at radius 1 is 1.19 bits per heavy atom. The molecule has 0 radical (unpaired) electrons. The van der Waals surface area contributed by atoms with Crippen LogP contribution in [0.4, 0.5) is 4.79 Å². The van der Waals surface area contributed by atoms with Gasteiger partial charge in [-0.15, -0.1) is 0 Å².